The molecule has 0 unspecified atom stereocenters. The minimum atomic E-state index is 0. The first-order valence-electron chi connectivity index (χ1n) is 9.27. The van der Waals surface area contributed by atoms with E-state index in [1.54, 1.807) is 0 Å². The van der Waals surface area contributed by atoms with Crippen LogP contribution in [0.2, 0.25) is 0 Å². The Bertz CT molecular complexity index is 1210. The predicted octanol–water partition coefficient (Wildman–Crippen LogP) is 1.34. The summed E-state index contributed by atoms with van der Waals surface area (Å²) < 4.78 is 0. The third-order valence-electron chi connectivity index (χ3n) is 5.60. The van der Waals surface area contributed by atoms with Crippen LogP contribution in [-0.2, 0) is 26.2 Å². The summed E-state index contributed by atoms with van der Waals surface area (Å²) in [4.78, 5) is 0. The monoisotopic (exact) mass is 493 g/mol. The van der Waals surface area contributed by atoms with Gasteiger partial charge >= 0.3 is 26.2 Å². The van der Waals surface area contributed by atoms with Crippen molar-refractivity contribution in [3.8, 4) is 11.1 Å². The molecule has 29 heavy (non-hydrogen) atoms. The summed E-state index contributed by atoms with van der Waals surface area (Å²) >= 11 is 0. The fourth-order valence-corrected chi connectivity index (χ4v) is 4.34. The number of allylic oxidation sites excluding steroid dienone is 4. The molecule has 0 amide bonds. The second-order valence-electron chi connectivity index (χ2n) is 7.31. The number of rotatable bonds is 2. The zero-order valence-electron chi connectivity index (χ0n) is 16.5. The number of aryl methyl sites for hydroxylation is 1. The van der Waals surface area contributed by atoms with Gasteiger partial charge in [0.15, 0.2) is 0 Å². The zero-order valence-corrected chi connectivity index (χ0v) is 20.4. The van der Waals surface area contributed by atoms with Crippen LogP contribution in [0.15, 0.2) is 78.9 Å². The van der Waals surface area contributed by atoms with Crippen LogP contribution in [0.5, 0.6) is 0 Å². The second kappa shape index (κ2) is 9.52. The number of halogens is 2. The largest absolute Gasteiger partial charge is 3.00 e. The first-order valence-corrected chi connectivity index (χ1v) is 9.27. The Hall–Kier alpha value is -1.53. The molecule has 0 spiro atoms. The van der Waals surface area contributed by atoms with Gasteiger partial charge in [-0.2, -0.15) is 0 Å². The Balaban J connectivity index is 0.000001000. The smallest absolute Gasteiger partial charge is 1.00 e. The molecule has 0 aliphatic heterocycles. The van der Waals surface area contributed by atoms with Gasteiger partial charge < -0.3 is 24.8 Å². The van der Waals surface area contributed by atoms with Gasteiger partial charge in [0, 0.05) is 0 Å². The molecular weight excluding hydrogens is 474 g/mol. The second-order valence-corrected chi connectivity index (χ2v) is 7.31. The predicted molar refractivity (Wildman–Crippen MR) is 114 cm³/mol. The minimum Gasteiger partial charge on any atom is -1.00 e. The van der Waals surface area contributed by atoms with Crippen molar-refractivity contribution in [2.75, 3.05) is 0 Å². The van der Waals surface area contributed by atoms with Crippen molar-refractivity contribution in [1.29, 1.82) is 0 Å². The molecule has 0 nitrogen and oxygen atoms in total. The Morgan fingerprint density at radius 2 is 1.62 bits per heavy atom. The van der Waals surface area contributed by atoms with Crippen molar-refractivity contribution in [2.45, 2.75) is 20.3 Å². The normalized spacial score (nSPS) is 12.3. The van der Waals surface area contributed by atoms with E-state index in [4.69, 9.17) is 0 Å². The molecule has 4 aromatic rings. The molecule has 0 heterocycles. The van der Waals surface area contributed by atoms with Gasteiger partial charge in [-0.15, -0.1) is 33.7 Å². The van der Waals surface area contributed by atoms with Crippen LogP contribution in [0.25, 0.3) is 38.2 Å². The minimum absolute atomic E-state index is 0. The number of hydrogen-bond acceptors (Lipinski definition) is 0. The SMILES string of the molecule is Cc1ccc2c(c1)[cH-]c1c(C3=CC=CC3)c(C)c(-c3ccccc3)cc12.[Cl-].[Cl-].[Zr+3]. The molecule has 0 atom stereocenters. The van der Waals surface area contributed by atoms with E-state index >= 15 is 0 Å². The van der Waals surface area contributed by atoms with E-state index < -0.39 is 0 Å². The van der Waals surface area contributed by atoms with E-state index in [0.29, 0.717) is 0 Å². The topological polar surface area (TPSA) is 0 Å². The van der Waals surface area contributed by atoms with E-state index in [2.05, 4.69) is 92.7 Å². The van der Waals surface area contributed by atoms with E-state index in [0.717, 1.165) is 6.42 Å². The Morgan fingerprint density at radius 3 is 2.31 bits per heavy atom. The van der Waals surface area contributed by atoms with Crippen LogP contribution in [-0.4, -0.2) is 0 Å². The molecular formula is C26H21Cl2Zr. The zero-order chi connectivity index (χ0) is 17.7. The fourth-order valence-electron chi connectivity index (χ4n) is 4.34. The van der Waals surface area contributed by atoms with Crippen LogP contribution < -0.4 is 24.8 Å². The van der Waals surface area contributed by atoms with Gasteiger partial charge in [-0.25, -0.2) is 0 Å². The quantitative estimate of drug-likeness (QED) is 0.369. The first-order chi connectivity index (χ1) is 12.7. The number of hydrogen-bond donors (Lipinski definition) is 0. The van der Waals surface area contributed by atoms with Gasteiger partial charge in [-0.05, 0) is 31.4 Å². The van der Waals surface area contributed by atoms with Gasteiger partial charge in [-0.3, -0.25) is 0 Å². The molecule has 5 rings (SSSR count). The molecule has 0 saturated carbocycles. The van der Waals surface area contributed by atoms with Crippen molar-refractivity contribution in [3.05, 3.63) is 95.6 Å². The van der Waals surface area contributed by atoms with Crippen LogP contribution in [0.4, 0.5) is 0 Å². The van der Waals surface area contributed by atoms with Crippen molar-refractivity contribution in [3.63, 3.8) is 0 Å². The number of fused-ring (bicyclic) bond motifs is 3. The van der Waals surface area contributed by atoms with Crippen molar-refractivity contribution in [2.24, 2.45) is 0 Å². The van der Waals surface area contributed by atoms with Gasteiger partial charge in [-0.1, -0.05) is 89.0 Å². The molecule has 0 N–H and O–H groups in total. The standard InChI is InChI=1S/C26H21.2ClH.Zr/c1-17-12-13-22-21(14-17)15-25-24(22)16-23(19-8-4-3-5-9-19)18(2)26(25)20-10-6-7-11-20;;;/h3-10,12-16H,11H2,1-2H3;2*1H;/q-1;;;+3/p-2. The molecule has 143 valence electrons. The molecule has 0 fully saturated rings. The van der Waals surface area contributed by atoms with Crippen molar-refractivity contribution in [1.82, 2.24) is 0 Å². The van der Waals surface area contributed by atoms with Crippen LogP contribution >= 0.6 is 0 Å². The maximum Gasteiger partial charge on any atom is 3.00 e. The Labute approximate surface area is 204 Å². The van der Waals surface area contributed by atoms with Crippen LogP contribution in [0.3, 0.4) is 0 Å². The molecule has 0 saturated heterocycles. The molecule has 4 aromatic carbocycles. The van der Waals surface area contributed by atoms with E-state index in [1.165, 1.54) is 54.9 Å². The van der Waals surface area contributed by atoms with Gasteiger partial charge in [0.1, 0.15) is 0 Å². The molecule has 0 bridgehead atoms. The molecule has 1 aliphatic carbocycles. The summed E-state index contributed by atoms with van der Waals surface area (Å²) in [5.74, 6) is 0. The van der Waals surface area contributed by atoms with E-state index in [9.17, 15) is 0 Å². The summed E-state index contributed by atoms with van der Waals surface area (Å²) in [6, 6.07) is 22.4. The van der Waals surface area contributed by atoms with Gasteiger partial charge in [0.25, 0.3) is 0 Å². The summed E-state index contributed by atoms with van der Waals surface area (Å²) in [7, 11) is 0. The van der Waals surface area contributed by atoms with E-state index in [1.807, 2.05) is 0 Å². The van der Waals surface area contributed by atoms with Crippen LogP contribution in [0.1, 0.15) is 23.1 Å². The average molecular weight is 496 g/mol. The van der Waals surface area contributed by atoms with Crippen molar-refractivity contribution < 1.29 is 51.0 Å². The first kappa shape index (κ1) is 23.7. The van der Waals surface area contributed by atoms with Crippen molar-refractivity contribution >= 4 is 27.1 Å². The molecule has 1 aliphatic rings. The molecule has 1 radical (unpaired) electrons. The molecule has 0 aromatic heterocycles. The third kappa shape index (κ3) is 4.06. The maximum absolute atomic E-state index is 2.39. The number of benzene rings is 3. The Morgan fingerprint density at radius 1 is 0.862 bits per heavy atom. The van der Waals surface area contributed by atoms with Gasteiger partial charge in [0.2, 0.25) is 0 Å². The average Bonchev–Trinajstić information content (AvgIpc) is 3.29. The summed E-state index contributed by atoms with van der Waals surface area (Å²) in [5, 5.41) is 5.46. The third-order valence-corrected chi connectivity index (χ3v) is 5.60. The van der Waals surface area contributed by atoms with Crippen LogP contribution in [0, 0.1) is 13.8 Å². The molecule has 3 heteroatoms. The fraction of sp³-hybridized carbons (Fsp3) is 0.115. The van der Waals surface area contributed by atoms with Gasteiger partial charge in [0.05, 0.1) is 0 Å². The summed E-state index contributed by atoms with van der Waals surface area (Å²) in [5.41, 5.74) is 8.18. The van der Waals surface area contributed by atoms with E-state index in [-0.39, 0.29) is 51.0 Å². The Kier molecular flexibility index (Phi) is 7.80. The summed E-state index contributed by atoms with van der Waals surface area (Å²) in [6.45, 7) is 4.45. The summed E-state index contributed by atoms with van der Waals surface area (Å²) in [6.07, 6.45) is 7.74. The maximum atomic E-state index is 2.39.